The molecule has 0 saturated carbocycles. The van der Waals surface area contributed by atoms with E-state index < -0.39 is 11.8 Å². The molecule has 0 radical (unpaired) electrons. The first kappa shape index (κ1) is 26.0. The molecule has 1 heterocycles. The van der Waals surface area contributed by atoms with Crippen molar-refractivity contribution < 1.29 is 28.3 Å². The summed E-state index contributed by atoms with van der Waals surface area (Å²) in [5, 5.41) is 9.10. The van der Waals surface area contributed by atoms with Crippen molar-refractivity contribution in [2.24, 2.45) is 5.10 Å². The highest BCUT2D eigenvalue weighted by molar-refractivity contribution is 6.35. The predicted molar refractivity (Wildman–Crippen MR) is 134 cm³/mol. The maximum absolute atomic E-state index is 12.4. The lowest BCUT2D eigenvalue weighted by Crippen LogP contribution is -2.37. The summed E-state index contributed by atoms with van der Waals surface area (Å²) in [6.45, 7) is 5.92. The van der Waals surface area contributed by atoms with Crippen LogP contribution in [0.5, 0.6) is 11.5 Å². The summed E-state index contributed by atoms with van der Waals surface area (Å²) in [7, 11) is 0. The molecule has 3 amide bonds. The van der Waals surface area contributed by atoms with E-state index in [1.165, 1.54) is 12.5 Å². The summed E-state index contributed by atoms with van der Waals surface area (Å²) in [5.41, 5.74) is 5.44. The minimum atomic E-state index is -0.919. The van der Waals surface area contributed by atoms with Crippen molar-refractivity contribution in [3.8, 4) is 11.5 Å². The first-order valence-corrected chi connectivity index (χ1v) is 11.3. The number of carbonyl (C=O) groups is 3. The number of benzene rings is 2. The van der Waals surface area contributed by atoms with E-state index in [0.29, 0.717) is 29.4 Å². The van der Waals surface area contributed by atoms with Crippen LogP contribution < -0.4 is 25.5 Å². The molecule has 10 nitrogen and oxygen atoms in total. The predicted octanol–water partition coefficient (Wildman–Crippen LogP) is 3.08. The number of aryl methyl sites for hydroxylation is 2. The fraction of sp³-hybridized carbons (Fsp3) is 0.231. The normalized spacial score (nSPS) is 10.6. The van der Waals surface area contributed by atoms with Crippen LogP contribution in [0.2, 0.25) is 0 Å². The molecule has 0 fully saturated rings. The van der Waals surface area contributed by atoms with Gasteiger partial charge in [-0.15, -0.1) is 0 Å². The largest absolute Gasteiger partial charge is 0.490 e. The van der Waals surface area contributed by atoms with E-state index in [0.717, 1.165) is 16.8 Å². The number of nitrogens with one attached hydrogen (secondary N) is 3. The molecule has 188 valence electrons. The Labute approximate surface area is 208 Å². The molecule has 2 aromatic carbocycles. The Bertz CT molecular complexity index is 1220. The zero-order valence-electron chi connectivity index (χ0n) is 20.3. The Morgan fingerprint density at radius 1 is 0.972 bits per heavy atom. The molecular weight excluding hydrogens is 464 g/mol. The van der Waals surface area contributed by atoms with Gasteiger partial charge < -0.3 is 24.5 Å². The summed E-state index contributed by atoms with van der Waals surface area (Å²) in [6.07, 6.45) is 2.83. The molecule has 0 aliphatic carbocycles. The van der Waals surface area contributed by atoms with Crippen LogP contribution in [0, 0.1) is 13.8 Å². The number of rotatable bonds is 10. The van der Waals surface area contributed by atoms with E-state index in [2.05, 4.69) is 21.2 Å². The molecule has 3 rings (SSSR count). The number of nitrogens with zero attached hydrogens (tertiary/aromatic N) is 1. The Kier molecular flexibility index (Phi) is 9.21. The number of hydrazone groups is 1. The molecular formula is C26H28N4O6. The van der Waals surface area contributed by atoms with Gasteiger partial charge >= 0.3 is 11.8 Å². The van der Waals surface area contributed by atoms with Gasteiger partial charge in [-0.2, -0.15) is 5.10 Å². The molecule has 0 bridgehead atoms. The van der Waals surface area contributed by atoms with Gasteiger partial charge in [0, 0.05) is 5.69 Å². The third-order valence-corrected chi connectivity index (χ3v) is 4.96. The first-order chi connectivity index (χ1) is 17.4. The fourth-order valence-electron chi connectivity index (χ4n) is 3.20. The van der Waals surface area contributed by atoms with Crippen LogP contribution in [0.3, 0.4) is 0 Å². The van der Waals surface area contributed by atoms with Gasteiger partial charge in [0.05, 0.1) is 25.6 Å². The van der Waals surface area contributed by atoms with Gasteiger partial charge in [0.2, 0.25) is 0 Å². The first-order valence-electron chi connectivity index (χ1n) is 11.3. The van der Waals surface area contributed by atoms with Gasteiger partial charge in [0.25, 0.3) is 5.91 Å². The second-order valence-electron chi connectivity index (χ2n) is 7.70. The second-order valence-corrected chi connectivity index (χ2v) is 7.70. The van der Waals surface area contributed by atoms with Gasteiger partial charge in [0.15, 0.2) is 18.1 Å². The molecule has 10 heteroatoms. The number of carbonyl (C=O) groups excluding carboxylic acids is 3. The maximum atomic E-state index is 12.4. The van der Waals surface area contributed by atoms with Crippen molar-refractivity contribution >= 4 is 29.6 Å². The Hall–Kier alpha value is -4.60. The average molecular weight is 493 g/mol. The minimum absolute atomic E-state index is 0.0880. The highest BCUT2D eigenvalue weighted by atomic mass is 16.5. The lowest BCUT2D eigenvalue weighted by molar-refractivity contribution is -0.139. The molecule has 0 spiro atoms. The Morgan fingerprint density at radius 3 is 2.44 bits per heavy atom. The van der Waals surface area contributed by atoms with E-state index in [1.807, 2.05) is 39.0 Å². The topological polar surface area (TPSA) is 131 Å². The summed E-state index contributed by atoms with van der Waals surface area (Å²) in [4.78, 5) is 36.1. The van der Waals surface area contributed by atoms with E-state index in [4.69, 9.17) is 13.9 Å². The van der Waals surface area contributed by atoms with E-state index >= 15 is 0 Å². The van der Waals surface area contributed by atoms with Gasteiger partial charge in [-0.05, 0) is 67.8 Å². The van der Waals surface area contributed by atoms with Gasteiger partial charge in [0.1, 0.15) is 5.76 Å². The van der Waals surface area contributed by atoms with Crippen molar-refractivity contribution in [1.82, 2.24) is 10.7 Å². The highest BCUT2D eigenvalue weighted by Gasteiger charge is 2.13. The van der Waals surface area contributed by atoms with Crippen LogP contribution in [0.1, 0.15) is 29.4 Å². The Balaban J connectivity index is 1.55. The highest BCUT2D eigenvalue weighted by Crippen LogP contribution is 2.28. The zero-order chi connectivity index (χ0) is 25.9. The van der Waals surface area contributed by atoms with Gasteiger partial charge in [-0.3, -0.25) is 14.4 Å². The van der Waals surface area contributed by atoms with Crippen molar-refractivity contribution in [3.05, 3.63) is 77.2 Å². The summed E-state index contributed by atoms with van der Waals surface area (Å²) >= 11 is 0. The number of furan rings is 1. The Morgan fingerprint density at radius 2 is 1.75 bits per heavy atom. The number of ether oxygens (including phenoxy) is 2. The molecule has 0 unspecified atom stereocenters. The van der Waals surface area contributed by atoms with E-state index in [9.17, 15) is 14.4 Å². The molecule has 0 saturated heterocycles. The van der Waals surface area contributed by atoms with Crippen LogP contribution in [0.4, 0.5) is 5.69 Å². The van der Waals surface area contributed by atoms with Crippen molar-refractivity contribution in [2.75, 3.05) is 18.5 Å². The van der Waals surface area contributed by atoms with Gasteiger partial charge in [-0.1, -0.05) is 18.2 Å². The van der Waals surface area contributed by atoms with Crippen molar-refractivity contribution in [2.45, 2.75) is 27.3 Å². The van der Waals surface area contributed by atoms with Crippen molar-refractivity contribution in [3.63, 3.8) is 0 Å². The van der Waals surface area contributed by atoms with Crippen LogP contribution in [0.15, 0.2) is 64.3 Å². The molecule has 0 aliphatic rings. The van der Waals surface area contributed by atoms with Gasteiger partial charge in [-0.25, -0.2) is 5.43 Å². The standard InChI is InChI=1S/C26H28N4O6/c1-4-34-22-13-19(14-28-30-26(33)25(32)27-15-20-9-6-12-35-20)10-11-21(22)36-16-23(31)29-24-17(2)7-5-8-18(24)3/h5-14H,4,15-16H2,1-3H3,(H,27,32)(H,29,31)(H,30,33)/b28-14-. The fourth-order valence-corrected chi connectivity index (χ4v) is 3.20. The third kappa shape index (κ3) is 7.45. The van der Waals surface area contributed by atoms with E-state index in [-0.39, 0.29) is 19.1 Å². The minimum Gasteiger partial charge on any atom is -0.490 e. The van der Waals surface area contributed by atoms with Crippen LogP contribution in [-0.2, 0) is 20.9 Å². The lowest BCUT2D eigenvalue weighted by atomic mass is 10.1. The van der Waals surface area contributed by atoms with Crippen LogP contribution in [-0.4, -0.2) is 37.1 Å². The number of para-hydroxylation sites is 1. The third-order valence-electron chi connectivity index (χ3n) is 4.96. The number of hydrogen-bond acceptors (Lipinski definition) is 7. The quantitative estimate of drug-likeness (QED) is 0.226. The molecule has 1 aromatic heterocycles. The monoisotopic (exact) mass is 492 g/mol. The second kappa shape index (κ2) is 12.7. The molecule has 36 heavy (non-hydrogen) atoms. The zero-order valence-corrected chi connectivity index (χ0v) is 20.3. The smallest absolute Gasteiger partial charge is 0.329 e. The van der Waals surface area contributed by atoms with E-state index in [1.54, 1.807) is 30.3 Å². The summed E-state index contributed by atoms with van der Waals surface area (Å²) < 4.78 is 16.4. The van der Waals surface area contributed by atoms with Crippen LogP contribution >= 0.6 is 0 Å². The average Bonchev–Trinajstić information content (AvgIpc) is 3.38. The van der Waals surface area contributed by atoms with Crippen molar-refractivity contribution in [1.29, 1.82) is 0 Å². The molecule has 3 N–H and O–H groups in total. The summed E-state index contributed by atoms with van der Waals surface area (Å²) in [5.74, 6) is -0.753. The maximum Gasteiger partial charge on any atom is 0.329 e. The SMILES string of the molecule is CCOc1cc(/C=N\NC(=O)C(=O)NCc2ccco2)ccc1OCC(=O)Nc1c(C)cccc1C. The lowest BCUT2D eigenvalue weighted by Gasteiger charge is -2.14. The number of amides is 3. The molecule has 0 atom stereocenters. The van der Waals surface area contributed by atoms with Crippen LogP contribution in [0.25, 0.3) is 0 Å². The summed E-state index contributed by atoms with van der Waals surface area (Å²) in [6, 6.07) is 14.1. The number of anilines is 1. The molecule has 3 aromatic rings. The number of hydrogen-bond donors (Lipinski definition) is 3. The molecule has 0 aliphatic heterocycles.